The molecule has 0 radical (unpaired) electrons. The fourth-order valence-electron chi connectivity index (χ4n) is 1.89. The highest BCUT2D eigenvalue weighted by Crippen LogP contribution is 2.12. The van der Waals surface area contributed by atoms with Crippen molar-refractivity contribution < 1.29 is 29.2 Å². The third kappa shape index (κ3) is 5.97. The van der Waals surface area contributed by atoms with Gasteiger partial charge < -0.3 is 5.73 Å². The molecule has 9 nitrogen and oxygen atoms in total. The van der Waals surface area contributed by atoms with Crippen LogP contribution in [0.2, 0.25) is 0 Å². The molecule has 0 spiro atoms. The number of benzene rings is 1. The van der Waals surface area contributed by atoms with Crippen LogP contribution in [0.4, 0.5) is 0 Å². The van der Waals surface area contributed by atoms with Crippen LogP contribution in [0, 0.1) is 5.92 Å². The molecule has 1 aliphatic rings. The standard InChI is InChI=1S/C11H12N2O4.C4H5NO2/c12-9(14)6-8(11(16)13-17)10(15)7-4-2-1-3-5-7;6-3-1-2-4(7)5-3/h1-5,8,17H,6H2,(H2,12,14)(H,13,16);1-2H2,(H,5,6,7). The summed E-state index contributed by atoms with van der Waals surface area (Å²) >= 11 is 0. The summed E-state index contributed by atoms with van der Waals surface area (Å²) in [7, 11) is 0. The maximum atomic E-state index is 11.9. The van der Waals surface area contributed by atoms with E-state index in [4.69, 9.17) is 10.9 Å². The number of nitrogens with two attached hydrogens (primary N) is 1. The Bertz CT molecular complexity index is 630. The largest absolute Gasteiger partial charge is 0.370 e. The Morgan fingerprint density at radius 1 is 1.12 bits per heavy atom. The van der Waals surface area contributed by atoms with Gasteiger partial charge >= 0.3 is 0 Å². The van der Waals surface area contributed by atoms with Crippen LogP contribution in [-0.4, -0.2) is 34.6 Å². The molecule has 9 heteroatoms. The second-order valence-electron chi connectivity index (χ2n) is 4.90. The number of carbonyl (C=O) groups excluding carboxylic acids is 5. The van der Waals surface area contributed by atoms with Crippen molar-refractivity contribution in [3.05, 3.63) is 35.9 Å². The Morgan fingerprint density at radius 2 is 1.67 bits per heavy atom. The van der Waals surface area contributed by atoms with Gasteiger partial charge in [0.2, 0.25) is 17.7 Å². The Morgan fingerprint density at radius 3 is 2.04 bits per heavy atom. The summed E-state index contributed by atoms with van der Waals surface area (Å²) in [5.74, 6) is -3.90. The lowest BCUT2D eigenvalue weighted by Crippen LogP contribution is -2.36. The third-order valence-corrected chi connectivity index (χ3v) is 3.06. The van der Waals surface area contributed by atoms with E-state index >= 15 is 0 Å². The van der Waals surface area contributed by atoms with E-state index in [-0.39, 0.29) is 17.4 Å². The first kappa shape index (κ1) is 19.0. The lowest BCUT2D eigenvalue weighted by atomic mass is 9.94. The van der Waals surface area contributed by atoms with Crippen molar-refractivity contribution in [1.82, 2.24) is 10.8 Å². The van der Waals surface area contributed by atoms with Crippen molar-refractivity contribution in [2.24, 2.45) is 11.7 Å². The van der Waals surface area contributed by atoms with Crippen LogP contribution >= 0.6 is 0 Å². The maximum absolute atomic E-state index is 11.9. The first-order valence-electron chi connectivity index (χ1n) is 6.99. The van der Waals surface area contributed by atoms with Gasteiger partial charge in [-0.05, 0) is 0 Å². The van der Waals surface area contributed by atoms with Crippen molar-refractivity contribution in [2.45, 2.75) is 19.3 Å². The van der Waals surface area contributed by atoms with Gasteiger partial charge in [0.05, 0.1) is 0 Å². The number of nitrogens with one attached hydrogen (secondary N) is 2. The highest BCUT2D eigenvalue weighted by molar-refractivity contribution is 6.11. The molecule has 2 rings (SSSR count). The van der Waals surface area contributed by atoms with Crippen molar-refractivity contribution in [2.75, 3.05) is 0 Å². The van der Waals surface area contributed by atoms with E-state index in [1.54, 1.807) is 18.2 Å². The normalized spacial score (nSPS) is 14.0. The molecular formula is C15H17N3O6. The van der Waals surface area contributed by atoms with Crippen molar-refractivity contribution in [3.8, 4) is 0 Å². The summed E-state index contributed by atoms with van der Waals surface area (Å²) in [6.45, 7) is 0. The number of hydrogen-bond acceptors (Lipinski definition) is 6. The fourth-order valence-corrected chi connectivity index (χ4v) is 1.89. The van der Waals surface area contributed by atoms with E-state index in [1.165, 1.54) is 17.6 Å². The molecule has 1 saturated heterocycles. The van der Waals surface area contributed by atoms with Gasteiger partial charge in [-0.15, -0.1) is 0 Å². The number of ketones is 1. The Hall–Kier alpha value is -3.07. The highest BCUT2D eigenvalue weighted by atomic mass is 16.5. The molecule has 1 atom stereocenters. The number of hydroxylamine groups is 1. The van der Waals surface area contributed by atoms with Gasteiger partial charge in [0.25, 0.3) is 5.91 Å². The zero-order chi connectivity index (χ0) is 18.1. The zero-order valence-corrected chi connectivity index (χ0v) is 12.7. The van der Waals surface area contributed by atoms with Crippen LogP contribution < -0.4 is 16.5 Å². The molecule has 128 valence electrons. The number of amides is 4. The molecule has 1 heterocycles. The average Bonchev–Trinajstić information content (AvgIpc) is 2.95. The summed E-state index contributed by atoms with van der Waals surface area (Å²) in [5, 5.41) is 10.6. The van der Waals surface area contributed by atoms with Crippen molar-refractivity contribution in [1.29, 1.82) is 0 Å². The molecule has 0 aromatic heterocycles. The van der Waals surface area contributed by atoms with E-state index < -0.39 is 29.9 Å². The second kappa shape index (κ2) is 9.16. The van der Waals surface area contributed by atoms with E-state index in [1.807, 2.05) is 0 Å². The zero-order valence-electron chi connectivity index (χ0n) is 12.7. The van der Waals surface area contributed by atoms with Crippen LogP contribution in [0.15, 0.2) is 30.3 Å². The number of rotatable bonds is 5. The Kier molecular flexibility index (Phi) is 7.24. The van der Waals surface area contributed by atoms with Gasteiger partial charge in [0, 0.05) is 24.8 Å². The number of carbonyl (C=O) groups is 5. The van der Waals surface area contributed by atoms with Crippen LogP contribution in [0.5, 0.6) is 0 Å². The van der Waals surface area contributed by atoms with Crippen LogP contribution in [-0.2, 0) is 19.2 Å². The van der Waals surface area contributed by atoms with Gasteiger partial charge in [-0.1, -0.05) is 30.3 Å². The Labute approximate surface area is 137 Å². The van der Waals surface area contributed by atoms with Crippen LogP contribution in [0.25, 0.3) is 0 Å². The molecule has 1 unspecified atom stereocenters. The molecule has 1 aromatic rings. The quantitative estimate of drug-likeness (QED) is 0.183. The molecule has 0 bridgehead atoms. The van der Waals surface area contributed by atoms with E-state index in [9.17, 15) is 24.0 Å². The molecule has 24 heavy (non-hydrogen) atoms. The first-order chi connectivity index (χ1) is 11.3. The van der Waals surface area contributed by atoms with E-state index in [2.05, 4.69) is 5.32 Å². The minimum atomic E-state index is -1.31. The van der Waals surface area contributed by atoms with Gasteiger partial charge in [0.15, 0.2) is 5.78 Å². The van der Waals surface area contributed by atoms with Crippen molar-refractivity contribution in [3.63, 3.8) is 0 Å². The summed E-state index contributed by atoms with van der Waals surface area (Å²) in [5.41, 5.74) is 6.58. The number of imide groups is 1. The minimum absolute atomic E-state index is 0.148. The SMILES string of the molecule is NC(=O)CC(C(=O)NO)C(=O)c1ccccc1.O=C1CCC(=O)N1. The van der Waals surface area contributed by atoms with Crippen molar-refractivity contribution >= 4 is 29.4 Å². The highest BCUT2D eigenvalue weighted by Gasteiger charge is 2.28. The molecule has 1 fully saturated rings. The minimum Gasteiger partial charge on any atom is -0.370 e. The number of primary amides is 1. The van der Waals surface area contributed by atoms with E-state index in [0.29, 0.717) is 12.8 Å². The molecule has 4 amide bonds. The van der Waals surface area contributed by atoms with Crippen LogP contribution in [0.1, 0.15) is 29.6 Å². The smallest absolute Gasteiger partial charge is 0.254 e. The molecular weight excluding hydrogens is 318 g/mol. The topological polar surface area (TPSA) is 156 Å². The summed E-state index contributed by atoms with van der Waals surface area (Å²) < 4.78 is 0. The average molecular weight is 335 g/mol. The van der Waals surface area contributed by atoms with Gasteiger partial charge in [0.1, 0.15) is 5.92 Å². The number of Topliss-reactive ketones (excluding diaryl/α,β-unsaturated/α-hetero) is 1. The summed E-state index contributed by atoms with van der Waals surface area (Å²) in [6, 6.07) is 8.00. The monoisotopic (exact) mass is 335 g/mol. The van der Waals surface area contributed by atoms with Gasteiger partial charge in [-0.3, -0.25) is 34.5 Å². The third-order valence-electron chi connectivity index (χ3n) is 3.06. The molecule has 1 aliphatic heterocycles. The molecule has 1 aromatic carbocycles. The predicted molar refractivity (Wildman–Crippen MR) is 80.4 cm³/mol. The van der Waals surface area contributed by atoms with Gasteiger partial charge in [-0.2, -0.15) is 0 Å². The number of hydrogen-bond donors (Lipinski definition) is 4. The lowest BCUT2D eigenvalue weighted by molar-refractivity contribution is -0.134. The molecule has 5 N–H and O–H groups in total. The summed E-state index contributed by atoms with van der Waals surface area (Å²) in [4.78, 5) is 54.2. The first-order valence-corrected chi connectivity index (χ1v) is 6.99. The predicted octanol–water partition coefficient (Wildman–Crippen LogP) is -0.711. The van der Waals surface area contributed by atoms with Gasteiger partial charge in [-0.25, -0.2) is 5.48 Å². The van der Waals surface area contributed by atoms with Crippen LogP contribution in [0.3, 0.4) is 0 Å². The maximum Gasteiger partial charge on any atom is 0.254 e. The van der Waals surface area contributed by atoms with E-state index in [0.717, 1.165) is 0 Å². The second-order valence-corrected chi connectivity index (χ2v) is 4.90. The molecule has 0 aliphatic carbocycles. The summed E-state index contributed by atoms with van der Waals surface area (Å²) in [6.07, 6.45) is 0.303. The lowest BCUT2D eigenvalue weighted by Gasteiger charge is -2.11. The fraction of sp³-hybridized carbons (Fsp3) is 0.267. The molecule has 0 saturated carbocycles. The Balaban J connectivity index is 0.000000341.